The minimum atomic E-state index is 0.403. The van der Waals surface area contributed by atoms with Crippen LogP contribution >= 0.6 is 0 Å². The van der Waals surface area contributed by atoms with Crippen LogP contribution in [0.2, 0.25) is 0 Å². The summed E-state index contributed by atoms with van der Waals surface area (Å²) in [7, 11) is 0. The third-order valence-corrected chi connectivity index (χ3v) is 3.70. The molecule has 0 fully saturated rings. The summed E-state index contributed by atoms with van der Waals surface area (Å²) in [4.78, 5) is 13.3. The fourth-order valence-corrected chi connectivity index (χ4v) is 2.35. The molecule has 2 aromatic heterocycles. The first-order valence-electron chi connectivity index (χ1n) is 6.99. The predicted molar refractivity (Wildman–Crippen MR) is 79.6 cm³/mol. The summed E-state index contributed by atoms with van der Waals surface area (Å²) in [6.45, 7) is 5.13. The predicted octanol–water partition coefficient (Wildman–Crippen LogP) is 3.39. The van der Waals surface area contributed by atoms with Crippen molar-refractivity contribution in [1.82, 2.24) is 19.5 Å². The molecule has 0 N–H and O–H groups in total. The standard InChI is InChI=1S/C16H18N4/c1-3-12(2)14-15-16(18-10-17-14)20(11-19-15)9-13-7-5-4-6-8-13/h4-8,10-12H,3,9H2,1-2H3. The number of nitrogens with zero attached hydrogens (tertiary/aromatic N) is 4. The van der Waals surface area contributed by atoms with Crippen molar-refractivity contribution in [2.75, 3.05) is 0 Å². The molecule has 20 heavy (non-hydrogen) atoms. The number of fused-ring (bicyclic) bond motifs is 1. The lowest BCUT2D eigenvalue weighted by Crippen LogP contribution is -2.02. The van der Waals surface area contributed by atoms with Gasteiger partial charge in [0.2, 0.25) is 0 Å². The monoisotopic (exact) mass is 266 g/mol. The van der Waals surface area contributed by atoms with Crippen molar-refractivity contribution in [1.29, 1.82) is 0 Å². The Morgan fingerprint density at radius 2 is 1.90 bits per heavy atom. The van der Waals surface area contributed by atoms with Gasteiger partial charge in [-0.2, -0.15) is 0 Å². The first-order valence-corrected chi connectivity index (χ1v) is 6.99. The zero-order chi connectivity index (χ0) is 13.9. The normalized spacial score (nSPS) is 12.7. The molecule has 4 heteroatoms. The summed E-state index contributed by atoms with van der Waals surface area (Å²) in [5.41, 5.74) is 4.14. The van der Waals surface area contributed by atoms with Crippen LogP contribution in [0.15, 0.2) is 43.0 Å². The average Bonchev–Trinajstić information content (AvgIpc) is 2.91. The Labute approximate surface area is 118 Å². The van der Waals surface area contributed by atoms with Gasteiger partial charge >= 0.3 is 0 Å². The second kappa shape index (κ2) is 5.41. The molecule has 1 unspecified atom stereocenters. The van der Waals surface area contributed by atoms with Crippen molar-refractivity contribution in [2.24, 2.45) is 0 Å². The lowest BCUT2D eigenvalue weighted by Gasteiger charge is -2.08. The van der Waals surface area contributed by atoms with Gasteiger partial charge in [-0.1, -0.05) is 44.2 Å². The van der Waals surface area contributed by atoms with Gasteiger partial charge in [0, 0.05) is 5.92 Å². The third kappa shape index (κ3) is 2.29. The van der Waals surface area contributed by atoms with E-state index in [0.717, 1.165) is 29.8 Å². The summed E-state index contributed by atoms with van der Waals surface area (Å²) in [6, 6.07) is 10.4. The van der Waals surface area contributed by atoms with Crippen molar-refractivity contribution in [3.63, 3.8) is 0 Å². The largest absolute Gasteiger partial charge is 0.311 e. The van der Waals surface area contributed by atoms with Crippen LogP contribution < -0.4 is 0 Å². The number of rotatable bonds is 4. The minimum absolute atomic E-state index is 0.403. The minimum Gasteiger partial charge on any atom is -0.311 e. The van der Waals surface area contributed by atoms with Crippen molar-refractivity contribution >= 4 is 11.2 Å². The maximum Gasteiger partial charge on any atom is 0.163 e. The van der Waals surface area contributed by atoms with Crippen LogP contribution in [0.5, 0.6) is 0 Å². The SMILES string of the molecule is CCC(C)c1ncnc2c1ncn2Cc1ccccc1. The Morgan fingerprint density at radius 3 is 2.65 bits per heavy atom. The first-order chi connectivity index (χ1) is 9.79. The average molecular weight is 266 g/mol. The topological polar surface area (TPSA) is 43.6 Å². The molecule has 1 aromatic carbocycles. The van der Waals surface area contributed by atoms with Gasteiger partial charge in [-0.05, 0) is 12.0 Å². The van der Waals surface area contributed by atoms with Gasteiger partial charge in [-0.25, -0.2) is 15.0 Å². The van der Waals surface area contributed by atoms with Crippen LogP contribution in [0.4, 0.5) is 0 Å². The quantitative estimate of drug-likeness (QED) is 0.727. The van der Waals surface area contributed by atoms with E-state index in [1.54, 1.807) is 6.33 Å². The lowest BCUT2D eigenvalue weighted by atomic mass is 10.0. The molecule has 4 nitrogen and oxygen atoms in total. The van der Waals surface area contributed by atoms with Gasteiger partial charge in [0.05, 0.1) is 18.6 Å². The lowest BCUT2D eigenvalue weighted by molar-refractivity contribution is 0.710. The highest BCUT2D eigenvalue weighted by molar-refractivity contribution is 5.73. The van der Waals surface area contributed by atoms with Crippen LogP contribution in [0.1, 0.15) is 37.4 Å². The van der Waals surface area contributed by atoms with Gasteiger partial charge in [0.15, 0.2) is 5.65 Å². The highest BCUT2D eigenvalue weighted by atomic mass is 15.1. The summed E-state index contributed by atoms with van der Waals surface area (Å²) >= 11 is 0. The third-order valence-electron chi connectivity index (χ3n) is 3.70. The van der Waals surface area contributed by atoms with E-state index in [0.29, 0.717) is 5.92 Å². The molecule has 0 aliphatic rings. The molecule has 0 aliphatic carbocycles. The fraction of sp³-hybridized carbons (Fsp3) is 0.312. The number of hydrogen-bond donors (Lipinski definition) is 0. The number of benzene rings is 1. The number of imidazole rings is 1. The summed E-state index contributed by atoms with van der Waals surface area (Å²) < 4.78 is 2.08. The van der Waals surface area contributed by atoms with Gasteiger partial charge in [0.1, 0.15) is 11.8 Å². The van der Waals surface area contributed by atoms with E-state index < -0.39 is 0 Å². The maximum atomic E-state index is 4.52. The molecule has 0 bridgehead atoms. The Bertz CT molecular complexity index is 703. The maximum absolute atomic E-state index is 4.52. The Balaban J connectivity index is 2.02. The van der Waals surface area contributed by atoms with Crippen molar-refractivity contribution in [3.05, 3.63) is 54.2 Å². The number of aromatic nitrogens is 4. The van der Waals surface area contributed by atoms with Crippen LogP contribution in [0.25, 0.3) is 11.2 Å². The highest BCUT2D eigenvalue weighted by Crippen LogP contribution is 2.23. The summed E-state index contributed by atoms with van der Waals surface area (Å²) in [6.07, 6.45) is 4.56. The van der Waals surface area contributed by atoms with E-state index in [2.05, 4.69) is 45.5 Å². The summed E-state index contributed by atoms with van der Waals surface area (Å²) in [5, 5.41) is 0. The van der Waals surface area contributed by atoms with Gasteiger partial charge in [-0.15, -0.1) is 0 Å². The molecule has 0 amide bonds. The smallest absolute Gasteiger partial charge is 0.163 e. The van der Waals surface area contributed by atoms with E-state index >= 15 is 0 Å². The van der Waals surface area contributed by atoms with E-state index in [1.165, 1.54) is 5.56 Å². The van der Waals surface area contributed by atoms with Crippen molar-refractivity contribution < 1.29 is 0 Å². The second-order valence-corrected chi connectivity index (χ2v) is 5.10. The molecule has 0 spiro atoms. The molecule has 0 aliphatic heterocycles. The van der Waals surface area contributed by atoms with Crippen LogP contribution in [0.3, 0.4) is 0 Å². The van der Waals surface area contributed by atoms with Gasteiger partial charge in [-0.3, -0.25) is 0 Å². The second-order valence-electron chi connectivity index (χ2n) is 5.10. The van der Waals surface area contributed by atoms with Crippen molar-refractivity contribution in [3.8, 4) is 0 Å². The molecular weight excluding hydrogens is 248 g/mol. The molecule has 3 aromatic rings. The van der Waals surface area contributed by atoms with Gasteiger partial charge in [0.25, 0.3) is 0 Å². The van der Waals surface area contributed by atoms with Gasteiger partial charge < -0.3 is 4.57 Å². The van der Waals surface area contributed by atoms with E-state index in [1.807, 2.05) is 24.5 Å². The molecule has 2 heterocycles. The van der Waals surface area contributed by atoms with E-state index in [9.17, 15) is 0 Å². The molecule has 102 valence electrons. The zero-order valence-electron chi connectivity index (χ0n) is 11.8. The van der Waals surface area contributed by atoms with Crippen LogP contribution in [-0.4, -0.2) is 19.5 Å². The molecule has 0 saturated heterocycles. The molecule has 1 atom stereocenters. The van der Waals surface area contributed by atoms with E-state index in [4.69, 9.17) is 0 Å². The number of hydrogen-bond acceptors (Lipinski definition) is 3. The molecular formula is C16H18N4. The molecule has 3 rings (SSSR count). The van der Waals surface area contributed by atoms with Crippen LogP contribution in [0, 0.1) is 0 Å². The molecule has 0 saturated carbocycles. The Morgan fingerprint density at radius 1 is 1.10 bits per heavy atom. The van der Waals surface area contributed by atoms with Crippen LogP contribution in [-0.2, 0) is 6.54 Å². The molecule has 0 radical (unpaired) electrons. The Hall–Kier alpha value is -2.23. The van der Waals surface area contributed by atoms with E-state index in [-0.39, 0.29) is 0 Å². The van der Waals surface area contributed by atoms with Crippen molar-refractivity contribution in [2.45, 2.75) is 32.7 Å². The highest BCUT2D eigenvalue weighted by Gasteiger charge is 2.14. The fourth-order valence-electron chi connectivity index (χ4n) is 2.35. The summed E-state index contributed by atoms with van der Waals surface area (Å²) in [5.74, 6) is 0.403. The Kier molecular flexibility index (Phi) is 3.46. The first kappa shape index (κ1) is 12.8. The zero-order valence-corrected chi connectivity index (χ0v) is 11.8.